The summed E-state index contributed by atoms with van der Waals surface area (Å²) in [6.07, 6.45) is 2.76. The highest BCUT2D eigenvalue weighted by Crippen LogP contribution is 2.18. The van der Waals surface area contributed by atoms with Crippen molar-refractivity contribution in [2.75, 3.05) is 0 Å². The summed E-state index contributed by atoms with van der Waals surface area (Å²) in [5.41, 5.74) is 3.92. The number of ketones is 1. The standard InChI is InChI=1S/C17H16N2O/c1-12-5-4-6-14(19-12)10-15(20)9-13-11-18-17-8-3-2-7-16(13)17/h2-8,11,18H,9-10H2,1H3. The summed E-state index contributed by atoms with van der Waals surface area (Å²) < 4.78 is 0. The van der Waals surface area contributed by atoms with Crippen molar-refractivity contribution in [1.82, 2.24) is 9.97 Å². The largest absolute Gasteiger partial charge is 0.361 e. The maximum atomic E-state index is 12.2. The summed E-state index contributed by atoms with van der Waals surface area (Å²) in [6.45, 7) is 1.94. The van der Waals surface area contributed by atoms with Gasteiger partial charge in [-0.05, 0) is 30.7 Å². The van der Waals surface area contributed by atoms with E-state index in [2.05, 4.69) is 9.97 Å². The topological polar surface area (TPSA) is 45.8 Å². The summed E-state index contributed by atoms with van der Waals surface area (Å²) in [7, 11) is 0. The maximum Gasteiger partial charge on any atom is 0.143 e. The minimum absolute atomic E-state index is 0.188. The van der Waals surface area contributed by atoms with E-state index in [0.717, 1.165) is 27.9 Å². The van der Waals surface area contributed by atoms with Crippen molar-refractivity contribution in [2.45, 2.75) is 19.8 Å². The van der Waals surface area contributed by atoms with Gasteiger partial charge in [-0.15, -0.1) is 0 Å². The Hall–Kier alpha value is -2.42. The van der Waals surface area contributed by atoms with E-state index in [-0.39, 0.29) is 5.78 Å². The highest BCUT2D eigenvalue weighted by atomic mass is 16.1. The Labute approximate surface area is 117 Å². The van der Waals surface area contributed by atoms with Crippen molar-refractivity contribution in [3.63, 3.8) is 0 Å². The van der Waals surface area contributed by atoms with E-state index in [0.29, 0.717) is 12.8 Å². The lowest BCUT2D eigenvalue weighted by Crippen LogP contribution is -2.07. The van der Waals surface area contributed by atoms with E-state index in [9.17, 15) is 4.79 Å². The third-order valence-electron chi connectivity index (χ3n) is 3.39. The Morgan fingerprint density at radius 2 is 1.95 bits per heavy atom. The van der Waals surface area contributed by atoms with E-state index in [1.54, 1.807) is 0 Å². The predicted octanol–water partition coefficient (Wildman–Crippen LogP) is 3.23. The molecule has 2 aromatic heterocycles. The number of aryl methyl sites for hydroxylation is 1. The van der Waals surface area contributed by atoms with Crippen LogP contribution in [0.15, 0.2) is 48.7 Å². The van der Waals surface area contributed by atoms with Crippen molar-refractivity contribution in [2.24, 2.45) is 0 Å². The van der Waals surface area contributed by atoms with Crippen molar-refractivity contribution < 1.29 is 4.79 Å². The Bertz CT molecular complexity index is 758. The van der Waals surface area contributed by atoms with E-state index >= 15 is 0 Å². The summed E-state index contributed by atoms with van der Waals surface area (Å²) in [4.78, 5) is 19.8. The molecule has 0 saturated carbocycles. The van der Waals surface area contributed by atoms with Crippen LogP contribution in [0.25, 0.3) is 10.9 Å². The maximum absolute atomic E-state index is 12.2. The van der Waals surface area contributed by atoms with Gasteiger partial charge in [0.1, 0.15) is 5.78 Å². The van der Waals surface area contributed by atoms with Gasteiger partial charge in [0.25, 0.3) is 0 Å². The molecule has 3 aromatic rings. The summed E-state index contributed by atoms with van der Waals surface area (Å²) >= 11 is 0. The number of aromatic amines is 1. The molecule has 0 aliphatic heterocycles. The van der Waals surface area contributed by atoms with Crippen LogP contribution in [0.3, 0.4) is 0 Å². The second kappa shape index (κ2) is 5.29. The molecular weight excluding hydrogens is 248 g/mol. The number of hydrogen-bond donors (Lipinski definition) is 1. The first-order valence-corrected chi connectivity index (χ1v) is 6.71. The quantitative estimate of drug-likeness (QED) is 0.786. The van der Waals surface area contributed by atoms with Gasteiger partial charge in [0, 0.05) is 41.3 Å². The number of hydrogen-bond acceptors (Lipinski definition) is 2. The second-order valence-corrected chi connectivity index (χ2v) is 5.02. The summed E-state index contributed by atoms with van der Waals surface area (Å²) in [5.74, 6) is 0.188. The van der Waals surface area contributed by atoms with Crippen LogP contribution in [0.1, 0.15) is 17.0 Å². The van der Waals surface area contributed by atoms with Crippen LogP contribution in [-0.2, 0) is 17.6 Å². The van der Waals surface area contributed by atoms with Gasteiger partial charge in [0.05, 0.1) is 0 Å². The van der Waals surface area contributed by atoms with Crippen molar-refractivity contribution >= 4 is 16.7 Å². The molecule has 3 heteroatoms. The van der Waals surface area contributed by atoms with E-state index < -0.39 is 0 Å². The lowest BCUT2D eigenvalue weighted by atomic mass is 10.0. The summed E-state index contributed by atoms with van der Waals surface area (Å²) in [5, 5.41) is 1.12. The van der Waals surface area contributed by atoms with Crippen molar-refractivity contribution in [3.05, 3.63) is 65.6 Å². The zero-order valence-electron chi connectivity index (χ0n) is 11.4. The fraction of sp³-hybridized carbons (Fsp3) is 0.176. The molecule has 3 rings (SSSR count). The lowest BCUT2D eigenvalue weighted by Gasteiger charge is -2.01. The highest BCUT2D eigenvalue weighted by molar-refractivity contribution is 5.90. The number of nitrogens with zero attached hydrogens (tertiary/aromatic N) is 1. The number of H-pyrrole nitrogens is 1. The SMILES string of the molecule is Cc1cccc(CC(=O)Cc2c[nH]c3ccccc23)n1. The molecule has 0 bridgehead atoms. The molecule has 2 heterocycles. The normalized spacial score (nSPS) is 10.8. The average molecular weight is 264 g/mol. The predicted molar refractivity (Wildman–Crippen MR) is 79.7 cm³/mol. The summed E-state index contributed by atoms with van der Waals surface area (Å²) in [6, 6.07) is 13.8. The number of rotatable bonds is 4. The van der Waals surface area contributed by atoms with Gasteiger partial charge in [-0.1, -0.05) is 24.3 Å². The molecule has 0 amide bonds. The molecule has 0 atom stereocenters. The Morgan fingerprint density at radius 1 is 1.10 bits per heavy atom. The first-order chi connectivity index (χ1) is 9.72. The first-order valence-electron chi connectivity index (χ1n) is 6.71. The molecule has 0 fully saturated rings. The molecule has 0 saturated heterocycles. The minimum atomic E-state index is 0.188. The number of pyridine rings is 1. The molecule has 3 nitrogen and oxygen atoms in total. The van der Waals surface area contributed by atoms with Crippen LogP contribution in [-0.4, -0.2) is 15.8 Å². The molecule has 1 N–H and O–H groups in total. The zero-order valence-corrected chi connectivity index (χ0v) is 11.4. The molecule has 0 spiro atoms. The Kier molecular flexibility index (Phi) is 3.33. The molecule has 100 valence electrons. The van der Waals surface area contributed by atoms with Crippen LogP contribution in [0.2, 0.25) is 0 Å². The molecule has 0 unspecified atom stereocenters. The zero-order chi connectivity index (χ0) is 13.9. The number of carbonyl (C=O) groups excluding carboxylic acids is 1. The third-order valence-corrected chi connectivity index (χ3v) is 3.39. The van der Waals surface area contributed by atoms with Crippen molar-refractivity contribution in [1.29, 1.82) is 0 Å². The number of Topliss-reactive ketones (excluding diaryl/α,β-unsaturated/α-hetero) is 1. The Balaban J connectivity index is 1.76. The van der Waals surface area contributed by atoms with Gasteiger partial charge in [0.2, 0.25) is 0 Å². The Morgan fingerprint density at radius 3 is 2.80 bits per heavy atom. The molecule has 0 aliphatic rings. The molecule has 0 radical (unpaired) electrons. The van der Waals surface area contributed by atoms with Crippen molar-refractivity contribution in [3.8, 4) is 0 Å². The lowest BCUT2D eigenvalue weighted by molar-refractivity contribution is -0.117. The van der Waals surface area contributed by atoms with Gasteiger partial charge in [-0.2, -0.15) is 0 Å². The molecule has 0 aliphatic carbocycles. The first kappa shape index (κ1) is 12.6. The van der Waals surface area contributed by atoms with Gasteiger partial charge in [-0.3, -0.25) is 9.78 Å². The van der Waals surface area contributed by atoms with Gasteiger partial charge >= 0.3 is 0 Å². The van der Waals surface area contributed by atoms with Crippen LogP contribution in [0.5, 0.6) is 0 Å². The smallest absolute Gasteiger partial charge is 0.143 e. The highest BCUT2D eigenvalue weighted by Gasteiger charge is 2.10. The third kappa shape index (κ3) is 2.62. The van der Waals surface area contributed by atoms with Gasteiger partial charge in [-0.25, -0.2) is 0 Å². The fourth-order valence-electron chi connectivity index (χ4n) is 2.45. The minimum Gasteiger partial charge on any atom is -0.361 e. The fourth-order valence-corrected chi connectivity index (χ4v) is 2.45. The second-order valence-electron chi connectivity index (χ2n) is 5.02. The molecular formula is C17H16N2O. The molecule has 1 aromatic carbocycles. The molecule has 20 heavy (non-hydrogen) atoms. The monoisotopic (exact) mass is 264 g/mol. The van der Waals surface area contributed by atoms with Crippen LogP contribution < -0.4 is 0 Å². The number of nitrogens with one attached hydrogen (secondary N) is 1. The number of carbonyl (C=O) groups is 1. The van der Waals surface area contributed by atoms with E-state index in [1.807, 2.05) is 55.6 Å². The van der Waals surface area contributed by atoms with Crippen LogP contribution in [0.4, 0.5) is 0 Å². The number of aromatic nitrogens is 2. The van der Waals surface area contributed by atoms with Gasteiger partial charge < -0.3 is 4.98 Å². The number of benzene rings is 1. The van der Waals surface area contributed by atoms with E-state index in [4.69, 9.17) is 0 Å². The average Bonchev–Trinajstić information content (AvgIpc) is 2.82. The van der Waals surface area contributed by atoms with Crippen LogP contribution in [0, 0.1) is 6.92 Å². The van der Waals surface area contributed by atoms with E-state index in [1.165, 1.54) is 0 Å². The number of para-hydroxylation sites is 1. The number of fused-ring (bicyclic) bond motifs is 1. The van der Waals surface area contributed by atoms with Gasteiger partial charge in [0.15, 0.2) is 0 Å². The van der Waals surface area contributed by atoms with Crippen LogP contribution >= 0.6 is 0 Å².